The molecular formula is C18H31N3. The number of anilines is 1. The zero-order chi connectivity index (χ0) is 16.0. The van der Waals surface area contributed by atoms with E-state index in [4.69, 9.17) is 0 Å². The fourth-order valence-electron chi connectivity index (χ4n) is 2.58. The van der Waals surface area contributed by atoms with E-state index in [1.165, 1.54) is 47.5 Å². The molecule has 0 aliphatic rings. The van der Waals surface area contributed by atoms with Gasteiger partial charge in [0.15, 0.2) is 0 Å². The van der Waals surface area contributed by atoms with Crippen molar-refractivity contribution in [2.24, 2.45) is 7.05 Å². The molecule has 1 N–H and O–H groups in total. The zero-order valence-corrected chi connectivity index (χ0v) is 14.7. The van der Waals surface area contributed by atoms with Crippen molar-refractivity contribution in [3.8, 4) is 0 Å². The molecule has 0 saturated carbocycles. The highest BCUT2D eigenvalue weighted by Crippen LogP contribution is 2.26. The second kappa shape index (κ2) is 8.08. The molecule has 1 heterocycles. The molecule has 0 aliphatic heterocycles. The first kappa shape index (κ1) is 17.6. The predicted molar refractivity (Wildman–Crippen MR) is 95.4 cm³/mol. The van der Waals surface area contributed by atoms with Crippen molar-refractivity contribution >= 4 is 16.6 Å². The summed E-state index contributed by atoms with van der Waals surface area (Å²) in [6.07, 6.45) is 0. The van der Waals surface area contributed by atoms with Gasteiger partial charge in [-0.05, 0) is 57.2 Å². The third kappa shape index (κ3) is 4.01. The Bertz CT molecular complexity index is 560. The van der Waals surface area contributed by atoms with Crippen molar-refractivity contribution in [3.63, 3.8) is 0 Å². The van der Waals surface area contributed by atoms with Gasteiger partial charge in [-0.1, -0.05) is 20.8 Å². The SMILES string of the molecule is CCN(CC)CC.CNc1ccc2c(c1)c(C)c(C)n2C. The van der Waals surface area contributed by atoms with Crippen LogP contribution < -0.4 is 5.32 Å². The summed E-state index contributed by atoms with van der Waals surface area (Å²) in [5.41, 5.74) is 5.19. The average molecular weight is 289 g/mol. The molecule has 0 saturated heterocycles. The van der Waals surface area contributed by atoms with Crippen LogP contribution in [-0.4, -0.2) is 36.1 Å². The van der Waals surface area contributed by atoms with Crippen molar-refractivity contribution in [1.82, 2.24) is 9.47 Å². The molecule has 0 spiro atoms. The standard InChI is InChI=1S/C12H16N2.C6H15N/c1-8-9(2)14(4)12-6-5-10(13-3)7-11(8)12;1-4-7(5-2)6-3/h5-7,13H,1-4H3;4-6H2,1-3H3. The van der Waals surface area contributed by atoms with Crippen LogP contribution in [0.1, 0.15) is 32.0 Å². The lowest BCUT2D eigenvalue weighted by atomic mass is 10.1. The molecule has 118 valence electrons. The van der Waals surface area contributed by atoms with E-state index in [9.17, 15) is 0 Å². The zero-order valence-electron chi connectivity index (χ0n) is 14.7. The third-order valence-corrected chi connectivity index (χ3v) is 4.44. The van der Waals surface area contributed by atoms with E-state index in [-0.39, 0.29) is 0 Å². The number of nitrogens with zero attached hydrogens (tertiary/aromatic N) is 2. The number of hydrogen-bond donors (Lipinski definition) is 1. The minimum atomic E-state index is 1.17. The molecule has 21 heavy (non-hydrogen) atoms. The maximum atomic E-state index is 3.17. The number of benzene rings is 1. The van der Waals surface area contributed by atoms with E-state index in [0.717, 1.165) is 0 Å². The number of aromatic nitrogens is 1. The number of rotatable bonds is 4. The maximum Gasteiger partial charge on any atom is 0.0484 e. The van der Waals surface area contributed by atoms with Crippen molar-refractivity contribution in [2.75, 3.05) is 32.0 Å². The van der Waals surface area contributed by atoms with Crippen LogP contribution >= 0.6 is 0 Å². The lowest BCUT2D eigenvalue weighted by molar-refractivity contribution is 0.321. The van der Waals surface area contributed by atoms with Crippen molar-refractivity contribution in [3.05, 3.63) is 29.5 Å². The first-order valence-corrected chi connectivity index (χ1v) is 7.95. The van der Waals surface area contributed by atoms with E-state index in [1.54, 1.807) is 0 Å². The Kier molecular flexibility index (Phi) is 6.76. The quantitative estimate of drug-likeness (QED) is 0.911. The van der Waals surface area contributed by atoms with Crippen LogP contribution in [0.25, 0.3) is 10.9 Å². The monoisotopic (exact) mass is 289 g/mol. The van der Waals surface area contributed by atoms with E-state index in [2.05, 4.69) is 74.6 Å². The Hall–Kier alpha value is -1.48. The summed E-state index contributed by atoms with van der Waals surface area (Å²) in [6.45, 7) is 14.5. The Morgan fingerprint density at radius 2 is 1.62 bits per heavy atom. The molecule has 0 bridgehead atoms. The molecule has 2 rings (SSSR count). The van der Waals surface area contributed by atoms with Gasteiger partial charge in [-0.2, -0.15) is 0 Å². The summed E-state index contributed by atoms with van der Waals surface area (Å²) >= 11 is 0. The largest absolute Gasteiger partial charge is 0.388 e. The molecule has 3 nitrogen and oxygen atoms in total. The Balaban J connectivity index is 0.000000270. The lowest BCUT2D eigenvalue weighted by Crippen LogP contribution is -2.21. The summed E-state index contributed by atoms with van der Waals surface area (Å²) in [6, 6.07) is 6.49. The third-order valence-electron chi connectivity index (χ3n) is 4.44. The van der Waals surface area contributed by atoms with Gasteiger partial charge < -0.3 is 14.8 Å². The lowest BCUT2D eigenvalue weighted by Gasteiger charge is -2.13. The van der Waals surface area contributed by atoms with Crippen LogP contribution in [0.2, 0.25) is 0 Å². The molecule has 0 amide bonds. The van der Waals surface area contributed by atoms with Crippen LogP contribution in [0.5, 0.6) is 0 Å². The van der Waals surface area contributed by atoms with Gasteiger partial charge >= 0.3 is 0 Å². The molecular weight excluding hydrogens is 258 g/mol. The highest BCUT2D eigenvalue weighted by atomic mass is 15.1. The fraction of sp³-hybridized carbons (Fsp3) is 0.556. The van der Waals surface area contributed by atoms with Gasteiger partial charge in [0.25, 0.3) is 0 Å². The normalized spacial score (nSPS) is 10.7. The number of fused-ring (bicyclic) bond motifs is 1. The van der Waals surface area contributed by atoms with Gasteiger partial charge in [0.1, 0.15) is 0 Å². The summed E-state index contributed by atoms with van der Waals surface area (Å²) in [5.74, 6) is 0. The minimum Gasteiger partial charge on any atom is -0.388 e. The van der Waals surface area contributed by atoms with Gasteiger partial charge in [0.2, 0.25) is 0 Å². The number of aryl methyl sites for hydroxylation is 2. The van der Waals surface area contributed by atoms with Gasteiger partial charge in [-0.3, -0.25) is 0 Å². The molecule has 0 radical (unpaired) electrons. The van der Waals surface area contributed by atoms with Crippen LogP contribution in [0, 0.1) is 13.8 Å². The van der Waals surface area contributed by atoms with E-state index in [0.29, 0.717) is 0 Å². The van der Waals surface area contributed by atoms with Crippen molar-refractivity contribution in [1.29, 1.82) is 0 Å². The number of nitrogens with one attached hydrogen (secondary N) is 1. The molecule has 0 unspecified atom stereocenters. The van der Waals surface area contributed by atoms with Gasteiger partial charge in [-0.15, -0.1) is 0 Å². The average Bonchev–Trinajstić information content (AvgIpc) is 2.74. The molecule has 3 heteroatoms. The molecule has 0 aliphatic carbocycles. The minimum absolute atomic E-state index is 1.17. The van der Waals surface area contributed by atoms with Crippen LogP contribution in [0.15, 0.2) is 18.2 Å². The van der Waals surface area contributed by atoms with Crippen LogP contribution in [0.4, 0.5) is 5.69 Å². The summed E-state index contributed by atoms with van der Waals surface area (Å²) in [5, 5.41) is 4.51. The first-order valence-electron chi connectivity index (χ1n) is 7.95. The molecule has 0 fully saturated rings. The topological polar surface area (TPSA) is 20.2 Å². The molecule has 1 aromatic heterocycles. The number of hydrogen-bond acceptors (Lipinski definition) is 2. The molecule has 1 aromatic carbocycles. The second-order valence-electron chi connectivity index (χ2n) is 5.37. The summed E-state index contributed by atoms with van der Waals surface area (Å²) < 4.78 is 2.24. The van der Waals surface area contributed by atoms with Gasteiger partial charge in [0, 0.05) is 36.4 Å². The molecule has 2 aromatic rings. The summed E-state index contributed by atoms with van der Waals surface area (Å²) in [7, 11) is 4.07. The summed E-state index contributed by atoms with van der Waals surface area (Å²) in [4.78, 5) is 2.38. The van der Waals surface area contributed by atoms with Gasteiger partial charge in [0.05, 0.1) is 0 Å². The highest BCUT2D eigenvalue weighted by Gasteiger charge is 2.07. The predicted octanol–water partition coefficient (Wildman–Crippen LogP) is 4.18. The van der Waals surface area contributed by atoms with Crippen molar-refractivity contribution < 1.29 is 0 Å². The van der Waals surface area contributed by atoms with Gasteiger partial charge in [-0.25, -0.2) is 0 Å². The Morgan fingerprint density at radius 3 is 2.05 bits per heavy atom. The fourth-order valence-corrected chi connectivity index (χ4v) is 2.58. The van der Waals surface area contributed by atoms with E-state index >= 15 is 0 Å². The van der Waals surface area contributed by atoms with Crippen LogP contribution in [0.3, 0.4) is 0 Å². The Morgan fingerprint density at radius 1 is 1.05 bits per heavy atom. The Labute approximate surface area is 129 Å². The molecule has 0 atom stereocenters. The first-order chi connectivity index (χ1) is 9.99. The highest BCUT2D eigenvalue weighted by molar-refractivity contribution is 5.88. The van der Waals surface area contributed by atoms with E-state index < -0.39 is 0 Å². The van der Waals surface area contributed by atoms with E-state index in [1.807, 2.05) is 7.05 Å². The smallest absolute Gasteiger partial charge is 0.0484 e. The second-order valence-corrected chi connectivity index (χ2v) is 5.37. The van der Waals surface area contributed by atoms with Crippen molar-refractivity contribution in [2.45, 2.75) is 34.6 Å². The van der Waals surface area contributed by atoms with Crippen LogP contribution in [-0.2, 0) is 7.05 Å². The maximum absolute atomic E-state index is 3.17.